The maximum Gasteiger partial charge on any atom is 0.120 e. The minimum atomic E-state index is 0.00977. The van der Waals surface area contributed by atoms with E-state index in [-0.39, 0.29) is 6.04 Å². The number of ether oxygens (including phenoxy) is 1. The van der Waals surface area contributed by atoms with Gasteiger partial charge in [0.25, 0.3) is 0 Å². The van der Waals surface area contributed by atoms with Gasteiger partial charge in [-0.1, -0.05) is 60.7 Å². The smallest absolute Gasteiger partial charge is 0.120 e. The van der Waals surface area contributed by atoms with E-state index in [9.17, 15) is 0 Å². The SMILES string of the molecule is CC(N)COc1cc(-c2ccccc2)cc(-c2ccccc2)c1. The number of rotatable bonds is 5. The third-order valence-electron chi connectivity index (χ3n) is 3.63. The molecule has 2 nitrogen and oxygen atoms in total. The average Bonchev–Trinajstić information content (AvgIpc) is 2.61. The molecule has 1 atom stereocenters. The molecule has 0 heterocycles. The lowest BCUT2D eigenvalue weighted by atomic mass is 9.98. The highest BCUT2D eigenvalue weighted by atomic mass is 16.5. The van der Waals surface area contributed by atoms with Crippen LogP contribution in [0.1, 0.15) is 6.92 Å². The Hall–Kier alpha value is -2.58. The van der Waals surface area contributed by atoms with Gasteiger partial charge in [-0.05, 0) is 47.4 Å². The molecule has 0 amide bonds. The molecule has 3 rings (SSSR count). The lowest BCUT2D eigenvalue weighted by Gasteiger charge is -2.13. The predicted octanol–water partition coefficient (Wildman–Crippen LogP) is 4.75. The van der Waals surface area contributed by atoms with E-state index in [2.05, 4.69) is 42.5 Å². The molecule has 0 radical (unpaired) electrons. The third kappa shape index (κ3) is 3.99. The van der Waals surface area contributed by atoms with Crippen molar-refractivity contribution >= 4 is 0 Å². The first-order valence-electron chi connectivity index (χ1n) is 7.87. The number of nitrogens with two attached hydrogens (primary N) is 1. The van der Waals surface area contributed by atoms with Crippen LogP contribution in [-0.4, -0.2) is 12.6 Å². The summed E-state index contributed by atoms with van der Waals surface area (Å²) in [7, 11) is 0. The van der Waals surface area contributed by atoms with Crippen LogP contribution < -0.4 is 10.5 Å². The minimum Gasteiger partial charge on any atom is -0.492 e. The second-order valence-corrected chi connectivity index (χ2v) is 5.77. The molecule has 0 saturated heterocycles. The van der Waals surface area contributed by atoms with Gasteiger partial charge in [0.2, 0.25) is 0 Å². The van der Waals surface area contributed by atoms with Crippen LogP contribution in [0.5, 0.6) is 5.75 Å². The van der Waals surface area contributed by atoms with Crippen molar-refractivity contribution in [2.75, 3.05) is 6.61 Å². The summed E-state index contributed by atoms with van der Waals surface area (Å²) < 4.78 is 5.87. The Labute approximate surface area is 137 Å². The quantitative estimate of drug-likeness (QED) is 0.738. The molecule has 0 aliphatic carbocycles. The maximum absolute atomic E-state index is 5.87. The first-order valence-corrected chi connectivity index (χ1v) is 7.87. The molecule has 23 heavy (non-hydrogen) atoms. The lowest BCUT2D eigenvalue weighted by molar-refractivity contribution is 0.296. The molecular formula is C21H21NO. The fourth-order valence-electron chi connectivity index (χ4n) is 2.50. The molecule has 0 aliphatic heterocycles. The summed E-state index contributed by atoms with van der Waals surface area (Å²) in [6, 6.07) is 27.0. The van der Waals surface area contributed by atoms with Crippen molar-refractivity contribution in [3.8, 4) is 28.0 Å². The van der Waals surface area contributed by atoms with Gasteiger partial charge in [0.1, 0.15) is 12.4 Å². The molecule has 3 aromatic carbocycles. The van der Waals surface area contributed by atoms with Gasteiger partial charge in [0, 0.05) is 6.04 Å². The summed E-state index contributed by atoms with van der Waals surface area (Å²) in [5.74, 6) is 0.850. The standard InChI is InChI=1S/C21H21NO/c1-16(22)15-23-21-13-19(17-8-4-2-5-9-17)12-20(14-21)18-10-6-3-7-11-18/h2-14,16H,15,22H2,1H3. The second kappa shape index (κ2) is 7.12. The number of benzene rings is 3. The van der Waals surface area contributed by atoms with Crippen LogP contribution in [0.15, 0.2) is 78.9 Å². The molecular weight excluding hydrogens is 282 g/mol. The Morgan fingerprint density at radius 1 is 0.739 bits per heavy atom. The van der Waals surface area contributed by atoms with E-state index in [1.165, 1.54) is 11.1 Å². The molecule has 0 aromatic heterocycles. The van der Waals surface area contributed by atoms with Gasteiger partial charge in [-0.3, -0.25) is 0 Å². The Kier molecular flexibility index (Phi) is 4.74. The van der Waals surface area contributed by atoms with Gasteiger partial charge in [-0.2, -0.15) is 0 Å². The Balaban J connectivity index is 2.03. The molecule has 1 unspecified atom stereocenters. The van der Waals surface area contributed by atoms with Gasteiger partial charge in [-0.15, -0.1) is 0 Å². The first kappa shape index (κ1) is 15.3. The predicted molar refractivity (Wildman–Crippen MR) is 96.5 cm³/mol. The van der Waals surface area contributed by atoms with Crippen LogP contribution in [0.25, 0.3) is 22.3 Å². The molecule has 0 spiro atoms. The zero-order valence-electron chi connectivity index (χ0n) is 13.3. The summed E-state index contributed by atoms with van der Waals surface area (Å²) >= 11 is 0. The van der Waals surface area contributed by atoms with Gasteiger partial charge >= 0.3 is 0 Å². The molecule has 0 saturated carbocycles. The lowest BCUT2D eigenvalue weighted by Crippen LogP contribution is -2.23. The third-order valence-corrected chi connectivity index (χ3v) is 3.63. The van der Waals surface area contributed by atoms with Crippen LogP contribution in [0.4, 0.5) is 0 Å². The topological polar surface area (TPSA) is 35.2 Å². The van der Waals surface area contributed by atoms with E-state index in [4.69, 9.17) is 10.5 Å². The van der Waals surface area contributed by atoms with Crippen LogP contribution in [0, 0.1) is 0 Å². The Morgan fingerprint density at radius 3 is 1.65 bits per heavy atom. The zero-order chi connectivity index (χ0) is 16.1. The summed E-state index contributed by atoms with van der Waals surface area (Å²) in [5.41, 5.74) is 10.5. The Morgan fingerprint density at radius 2 is 1.22 bits per heavy atom. The van der Waals surface area contributed by atoms with Crippen molar-refractivity contribution in [1.82, 2.24) is 0 Å². The maximum atomic E-state index is 5.87. The van der Waals surface area contributed by atoms with Crippen LogP contribution in [0.3, 0.4) is 0 Å². The molecule has 3 aromatic rings. The summed E-state index contributed by atoms with van der Waals surface area (Å²) in [4.78, 5) is 0. The van der Waals surface area contributed by atoms with Gasteiger partial charge in [0.05, 0.1) is 0 Å². The van der Waals surface area contributed by atoms with Crippen LogP contribution in [-0.2, 0) is 0 Å². The fourth-order valence-corrected chi connectivity index (χ4v) is 2.50. The first-order chi connectivity index (χ1) is 11.2. The van der Waals surface area contributed by atoms with E-state index >= 15 is 0 Å². The van der Waals surface area contributed by atoms with Gasteiger partial charge in [0.15, 0.2) is 0 Å². The fraction of sp³-hybridized carbons (Fsp3) is 0.143. The highest BCUT2D eigenvalue weighted by molar-refractivity contribution is 5.75. The largest absolute Gasteiger partial charge is 0.492 e. The monoisotopic (exact) mass is 303 g/mol. The summed E-state index contributed by atoms with van der Waals surface area (Å²) in [6.07, 6.45) is 0. The minimum absolute atomic E-state index is 0.00977. The van der Waals surface area contributed by atoms with Crippen molar-refractivity contribution < 1.29 is 4.74 Å². The molecule has 116 valence electrons. The molecule has 2 N–H and O–H groups in total. The van der Waals surface area contributed by atoms with E-state index < -0.39 is 0 Å². The van der Waals surface area contributed by atoms with E-state index in [1.807, 2.05) is 43.3 Å². The highest BCUT2D eigenvalue weighted by Gasteiger charge is 2.07. The van der Waals surface area contributed by atoms with E-state index in [0.29, 0.717) is 6.61 Å². The van der Waals surface area contributed by atoms with E-state index in [1.54, 1.807) is 0 Å². The molecule has 2 heteroatoms. The van der Waals surface area contributed by atoms with Crippen molar-refractivity contribution in [2.24, 2.45) is 5.73 Å². The van der Waals surface area contributed by atoms with Crippen LogP contribution >= 0.6 is 0 Å². The van der Waals surface area contributed by atoms with Crippen molar-refractivity contribution in [3.05, 3.63) is 78.9 Å². The van der Waals surface area contributed by atoms with Crippen LogP contribution in [0.2, 0.25) is 0 Å². The summed E-state index contributed by atoms with van der Waals surface area (Å²) in [5, 5.41) is 0. The molecule has 0 fully saturated rings. The average molecular weight is 303 g/mol. The summed E-state index contributed by atoms with van der Waals surface area (Å²) in [6.45, 7) is 2.45. The van der Waals surface area contributed by atoms with Gasteiger partial charge < -0.3 is 10.5 Å². The molecule has 0 bridgehead atoms. The zero-order valence-corrected chi connectivity index (χ0v) is 13.3. The highest BCUT2D eigenvalue weighted by Crippen LogP contribution is 2.31. The normalized spacial score (nSPS) is 11.9. The number of hydrogen-bond donors (Lipinski definition) is 1. The number of hydrogen-bond acceptors (Lipinski definition) is 2. The van der Waals surface area contributed by atoms with Crippen molar-refractivity contribution in [2.45, 2.75) is 13.0 Å². The molecule has 0 aliphatic rings. The van der Waals surface area contributed by atoms with Crippen molar-refractivity contribution in [3.63, 3.8) is 0 Å². The Bertz CT molecular complexity index is 694. The van der Waals surface area contributed by atoms with E-state index in [0.717, 1.165) is 16.9 Å². The second-order valence-electron chi connectivity index (χ2n) is 5.77. The van der Waals surface area contributed by atoms with Gasteiger partial charge in [-0.25, -0.2) is 0 Å². The van der Waals surface area contributed by atoms with Crippen molar-refractivity contribution in [1.29, 1.82) is 0 Å².